The van der Waals surface area contributed by atoms with E-state index in [1.54, 1.807) is 24.3 Å². The SMILES string of the molecule is CC.Cc1ccc(C2CCC([C@H]3C(=O)c4ccccc4C(=O)C3O)CC2)cc1. The van der Waals surface area contributed by atoms with Crippen molar-refractivity contribution in [2.45, 2.75) is 58.5 Å². The zero-order valence-electron chi connectivity index (χ0n) is 17.0. The molecule has 0 aromatic heterocycles. The van der Waals surface area contributed by atoms with Crippen molar-refractivity contribution in [2.24, 2.45) is 11.8 Å². The second kappa shape index (κ2) is 8.83. The van der Waals surface area contributed by atoms with Gasteiger partial charge in [-0.1, -0.05) is 67.9 Å². The van der Waals surface area contributed by atoms with Gasteiger partial charge in [-0.15, -0.1) is 0 Å². The maximum Gasteiger partial charge on any atom is 0.192 e. The summed E-state index contributed by atoms with van der Waals surface area (Å²) in [5.41, 5.74) is 3.46. The van der Waals surface area contributed by atoms with Crippen molar-refractivity contribution < 1.29 is 14.7 Å². The van der Waals surface area contributed by atoms with Crippen molar-refractivity contribution in [3.8, 4) is 0 Å². The molecule has 3 nitrogen and oxygen atoms in total. The van der Waals surface area contributed by atoms with Crippen molar-refractivity contribution in [2.75, 3.05) is 0 Å². The Bertz CT molecular complexity index is 829. The van der Waals surface area contributed by atoms with Crippen LogP contribution in [0.3, 0.4) is 0 Å². The van der Waals surface area contributed by atoms with Crippen LogP contribution >= 0.6 is 0 Å². The molecule has 148 valence electrons. The Morgan fingerprint density at radius 2 is 1.32 bits per heavy atom. The van der Waals surface area contributed by atoms with Gasteiger partial charge in [0.2, 0.25) is 0 Å². The molecule has 2 aromatic carbocycles. The molecular formula is C25H30O3. The van der Waals surface area contributed by atoms with Crippen LogP contribution in [0.4, 0.5) is 0 Å². The average Bonchev–Trinajstić information content (AvgIpc) is 2.75. The van der Waals surface area contributed by atoms with E-state index in [9.17, 15) is 14.7 Å². The van der Waals surface area contributed by atoms with E-state index >= 15 is 0 Å². The van der Waals surface area contributed by atoms with E-state index in [0.717, 1.165) is 25.7 Å². The van der Waals surface area contributed by atoms with Crippen LogP contribution in [0.25, 0.3) is 0 Å². The lowest BCUT2D eigenvalue weighted by Gasteiger charge is -2.37. The molecule has 0 spiro atoms. The van der Waals surface area contributed by atoms with E-state index < -0.39 is 12.0 Å². The molecule has 1 N–H and O–H groups in total. The van der Waals surface area contributed by atoms with Gasteiger partial charge in [0.15, 0.2) is 11.6 Å². The van der Waals surface area contributed by atoms with E-state index in [1.807, 2.05) is 13.8 Å². The van der Waals surface area contributed by atoms with E-state index in [1.165, 1.54) is 11.1 Å². The molecule has 1 unspecified atom stereocenters. The second-order valence-electron chi connectivity index (χ2n) is 7.77. The predicted octanol–water partition coefficient (Wildman–Crippen LogP) is 5.35. The standard InChI is InChI=1S/C23H24O3.C2H6/c1-14-6-8-15(9-7-14)16-10-12-17(13-11-16)20-21(24)18-4-2-3-5-19(18)22(25)23(20)26;1-2/h2-9,16-17,20,23,26H,10-13H2,1H3;1-2H3/t16?,17?,20-,23?;/m0./s1. The Balaban J connectivity index is 0.00000109. The van der Waals surface area contributed by atoms with Crippen LogP contribution in [-0.4, -0.2) is 22.8 Å². The monoisotopic (exact) mass is 378 g/mol. The van der Waals surface area contributed by atoms with E-state index in [4.69, 9.17) is 0 Å². The number of hydrogen-bond acceptors (Lipinski definition) is 3. The summed E-state index contributed by atoms with van der Waals surface area (Å²) < 4.78 is 0. The summed E-state index contributed by atoms with van der Waals surface area (Å²) in [6.45, 7) is 6.09. The lowest BCUT2D eigenvalue weighted by atomic mass is 9.67. The third kappa shape index (κ3) is 3.81. The molecule has 2 aliphatic carbocycles. The van der Waals surface area contributed by atoms with Gasteiger partial charge in [0.25, 0.3) is 0 Å². The van der Waals surface area contributed by atoms with Crippen LogP contribution in [0.15, 0.2) is 48.5 Å². The third-order valence-corrected chi connectivity index (χ3v) is 6.20. The Morgan fingerprint density at radius 1 is 0.786 bits per heavy atom. The first-order valence-electron chi connectivity index (χ1n) is 10.5. The maximum absolute atomic E-state index is 12.9. The highest BCUT2D eigenvalue weighted by atomic mass is 16.3. The van der Waals surface area contributed by atoms with E-state index in [0.29, 0.717) is 17.0 Å². The molecule has 0 radical (unpaired) electrons. The summed E-state index contributed by atoms with van der Waals surface area (Å²) >= 11 is 0. The van der Waals surface area contributed by atoms with Gasteiger partial charge in [-0.05, 0) is 50.0 Å². The number of Topliss-reactive ketones (excluding diaryl/α,β-unsaturated/α-hetero) is 2. The largest absolute Gasteiger partial charge is 0.384 e. The molecule has 2 aliphatic rings. The quantitative estimate of drug-likeness (QED) is 0.766. The predicted molar refractivity (Wildman–Crippen MR) is 112 cm³/mol. The van der Waals surface area contributed by atoms with Crippen LogP contribution in [0, 0.1) is 18.8 Å². The highest BCUT2D eigenvalue weighted by molar-refractivity contribution is 6.17. The number of rotatable bonds is 2. The minimum atomic E-state index is -1.20. The highest BCUT2D eigenvalue weighted by Gasteiger charge is 2.45. The summed E-state index contributed by atoms with van der Waals surface area (Å²) in [5, 5.41) is 10.5. The number of aliphatic hydroxyl groups is 1. The molecule has 28 heavy (non-hydrogen) atoms. The summed E-state index contributed by atoms with van der Waals surface area (Å²) in [4.78, 5) is 25.5. The Labute approximate surface area is 167 Å². The van der Waals surface area contributed by atoms with Gasteiger partial charge >= 0.3 is 0 Å². The number of carbonyl (C=O) groups excluding carboxylic acids is 2. The number of fused-ring (bicyclic) bond motifs is 1. The fourth-order valence-electron chi connectivity index (χ4n) is 4.68. The van der Waals surface area contributed by atoms with Crippen LogP contribution in [0.1, 0.15) is 77.3 Å². The van der Waals surface area contributed by atoms with Crippen LogP contribution in [-0.2, 0) is 0 Å². The fraction of sp³-hybridized carbons (Fsp3) is 0.440. The summed E-state index contributed by atoms with van der Waals surface area (Å²) in [6, 6.07) is 15.6. The molecule has 0 amide bonds. The van der Waals surface area contributed by atoms with E-state index in [2.05, 4.69) is 31.2 Å². The second-order valence-corrected chi connectivity index (χ2v) is 7.77. The Morgan fingerprint density at radius 3 is 1.89 bits per heavy atom. The van der Waals surface area contributed by atoms with Crippen molar-refractivity contribution >= 4 is 11.6 Å². The smallest absolute Gasteiger partial charge is 0.192 e. The number of aryl methyl sites for hydroxylation is 1. The number of hydrogen-bond donors (Lipinski definition) is 1. The molecule has 4 rings (SSSR count). The topological polar surface area (TPSA) is 54.4 Å². The number of aliphatic hydroxyl groups excluding tert-OH is 1. The minimum Gasteiger partial charge on any atom is -0.384 e. The summed E-state index contributed by atoms with van der Waals surface area (Å²) in [5.74, 6) is -0.365. The third-order valence-electron chi connectivity index (χ3n) is 6.20. The van der Waals surface area contributed by atoms with E-state index in [-0.39, 0.29) is 17.5 Å². The zero-order chi connectivity index (χ0) is 20.3. The molecule has 0 aliphatic heterocycles. The Kier molecular flexibility index (Phi) is 6.46. The zero-order valence-corrected chi connectivity index (χ0v) is 17.0. The summed E-state index contributed by atoms with van der Waals surface area (Å²) in [7, 11) is 0. The van der Waals surface area contributed by atoms with Crippen LogP contribution in [0.2, 0.25) is 0 Å². The van der Waals surface area contributed by atoms with Gasteiger partial charge < -0.3 is 5.11 Å². The molecule has 3 heteroatoms. The van der Waals surface area contributed by atoms with Gasteiger partial charge in [-0.2, -0.15) is 0 Å². The van der Waals surface area contributed by atoms with Crippen LogP contribution < -0.4 is 0 Å². The number of carbonyl (C=O) groups is 2. The summed E-state index contributed by atoms with van der Waals surface area (Å²) in [6.07, 6.45) is 2.56. The number of ketones is 2. The minimum absolute atomic E-state index is 0.0634. The lowest BCUT2D eigenvalue weighted by Crippen LogP contribution is -2.45. The maximum atomic E-state index is 12.9. The Hall–Kier alpha value is -2.26. The van der Waals surface area contributed by atoms with Crippen LogP contribution in [0.5, 0.6) is 0 Å². The van der Waals surface area contributed by atoms with Gasteiger partial charge in [0.05, 0.1) is 5.92 Å². The van der Waals surface area contributed by atoms with Crippen molar-refractivity contribution in [3.63, 3.8) is 0 Å². The number of benzene rings is 2. The highest BCUT2D eigenvalue weighted by Crippen LogP contribution is 2.42. The van der Waals surface area contributed by atoms with Gasteiger partial charge in [-0.25, -0.2) is 0 Å². The first-order valence-corrected chi connectivity index (χ1v) is 10.5. The molecule has 0 bridgehead atoms. The van der Waals surface area contributed by atoms with Crippen molar-refractivity contribution in [3.05, 3.63) is 70.8 Å². The molecule has 2 atom stereocenters. The van der Waals surface area contributed by atoms with Crippen molar-refractivity contribution in [1.82, 2.24) is 0 Å². The first kappa shape index (κ1) is 20.5. The normalized spacial score (nSPS) is 26.9. The average molecular weight is 379 g/mol. The first-order chi connectivity index (χ1) is 13.6. The van der Waals surface area contributed by atoms with Gasteiger partial charge in [0, 0.05) is 11.1 Å². The molecule has 2 aromatic rings. The molecule has 0 saturated heterocycles. The van der Waals surface area contributed by atoms with Gasteiger partial charge in [0.1, 0.15) is 6.10 Å². The van der Waals surface area contributed by atoms with Gasteiger partial charge in [-0.3, -0.25) is 9.59 Å². The lowest BCUT2D eigenvalue weighted by molar-refractivity contribution is 0.0342. The molecule has 0 heterocycles. The van der Waals surface area contributed by atoms with Crippen molar-refractivity contribution in [1.29, 1.82) is 0 Å². The fourth-order valence-corrected chi connectivity index (χ4v) is 4.68. The molecule has 1 saturated carbocycles. The molecular weight excluding hydrogens is 348 g/mol. The molecule has 1 fully saturated rings.